The SMILES string of the molecule is C=Cc1ccc(OC(CC)OC(C)(C)C)cc1. The van der Waals surface area contributed by atoms with E-state index in [1.807, 2.05) is 51.1 Å². The topological polar surface area (TPSA) is 18.5 Å². The lowest BCUT2D eigenvalue weighted by atomic mass is 10.2. The first-order valence-corrected chi connectivity index (χ1v) is 6.01. The summed E-state index contributed by atoms with van der Waals surface area (Å²) in [6.07, 6.45) is 2.43. The molecule has 2 nitrogen and oxygen atoms in total. The number of benzene rings is 1. The predicted molar refractivity (Wildman–Crippen MR) is 72.1 cm³/mol. The second kappa shape index (κ2) is 5.87. The molecule has 2 heteroatoms. The van der Waals surface area contributed by atoms with Gasteiger partial charge in [-0.25, -0.2) is 0 Å². The maximum atomic E-state index is 5.81. The van der Waals surface area contributed by atoms with Crippen molar-refractivity contribution in [3.05, 3.63) is 36.4 Å². The molecule has 1 unspecified atom stereocenters. The quantitative estimate of drug-likeness (QED) is 0.709. The van der Waals surface area contributed by atoms with E-state index in [0.29, 0.717) is 0 Å². The van der Waals surface area contributed by atoms with Gasteiger partial charge in [0, 0.05) is 6.42 Å². The van der Waals surface area contributed by atoms with Gasteiger partial charge in [0.05, 0.1) is 5.60 Å². The lowest BCUT2D eigenvalue weighted by Gasteiger charge is -2.27. The van der Waals surface area contributed by atoms with E-state index in [1.165, 1.54) is 0 Å². The zero-order valence-electron chi connectivity index (χ0n) is 11.2. The van der Waals surface area contributed by atoms with Gasteiger partial charge < -0.3 is 9.47 Å². The van der Waals surface area contributed by atoms with Crippen molar-refractivity contribution in [1.82, 2.24) is 0 Å². The first-order chi connectivity index (χ1) is 7.94. The summed E-state index contributed by atoms with van der Waals surface area (Å²) in [4.78, 5) is 0. The molecule has 0 bridgehead atoms. The van der Waals surface area contributed by atoms with E-state index in [4.69, 9.17) is 9.47 Å². The standard InChI is InChI=1S/C15H22O2/c1-6-12-8-10-13(11-9-12)16-14(7-2)17-15(3,4)5/h6,8-11,14H,1,7H2,2-5H3. The largest absolute Gasteiger partial charge is 0.465 e. The van der Waals surface area contributed by atoms with Crippen molar-refractivity contribution >= 4 is 6.08 Å². The van der Waals surface area contributed by atoms with Crippen molar-refractivity contribution in [2.75, 3.05) is 0 Å². The fourth-order valence-electron chi connectivity index (χ4n) is 1.42. The molecule has 17 heavy (non-hydrogen) atoms. The highest BCUT2D eigenvalue weighted by Gasteiger charge is 2.18. The van der Waals surface area contributed by atoms with Gasteiger partial charge in [-0.2, -0.15) is 0 Å². The minimum absolute atomic E-state index is 0.193. The van der Waals surface area contributed by atoms with Gasteiger partial charge in [-0.3, -0.25) is 0 Å². The maximum absolute atomic E-state index is 5.81. The summed E-state index contributed by atoms with van der Waals surface area (Å²) < 4.78 is 11.6. The summed E-state index contributed by atoms with van der Waals surface area (Å²) in [5.74, 6) is 0.826. The molecule has 0 aliphatic heterocycles. The van der Waals surface area contributed by atoms with Crippen LogP contribution in [0.3, 0.4) is 0 Å². The molecular formula is C15H22O2. The monoisotopic (exact) mass is 234 g/mol. The average Bonchev–Trinajstić information content (AvgIpc) is 2.27. The lowest BCUT2D eigenvalue weighted by molar-refractivity contribution is -0.151. The van der Waals surface area contributed by atoms with Gasteiger partial charge in [0.25, 0.3) is 0 Å². The average molecular weight is 234 g/mol. The van der Waals surface area contributed by atoms with Crippen LogP contribution in [0.25, 0.3) is 6.08 Å². The van der Waals surface area contributed by atoms with Crippen molar-refractivity contribution < 1.29 is 9.47 Å². The molecule has 0 saturated heterocycles. The Kier molecular flexibility index (Phi) is 4.76. The highest BCUT2D eigenvalue weighted by molar-refractivity contribution is 5.48. The van der Waals surface area contributed by atoms with Crippen LogP contribution in [-0.4, -0.2) is 11.9 Å². The summed E-state index contributed by atoms with van der Waals surface area (Å²) in [5.41, 5.74) is 0.893. The van der Waals surface area contributed by atoms with Crippen molar-refractivity contribution in [3.63, 3.8) is 0 Å². The second-order valence-corrected chi connectivity index (χ2v) is 4.96. The van der Waals surface area contributed by atoms with Crippen LogP contribution >= 0.6 is 0 Å². The minimum Gasteiger partial charge on any atom is -0.465 e. The van der Waals surface area contributed by atoms with E-state index in [-0.39, 0.29) is 11.9 Å². The molecule has 0 fully saturated rings. The maximum Gasteiger partial charge on any atom is 0.200 e. The molecule has 0 saturated carbocycles. The summed E-state index contributed by atoms with van der Waals surface area (Å²) in [7, 11) is 0. The summed E-state index contributed by atoms with van der Waals surface area (Å²) in [6.45, 7) is 11.9. The number of ether oxygens (including phenoxy) is 2. The normalized spacial score (nSPS) is 13.2. The Morgan fingerprint density at radius 2 is 1.82 bits per heavy atom. The number of hydrogen-bond acceptors (Lipinski definition) is 2. The first-order valence-electron chi connectivity index (χ1n) is 6.01. The third-order valence-corrected chi connectivity index (χ3v) is 2.20. The van der Waals surface area contributed by atoms with Crippen molar-refractivity contribution in [3.8, 4) is 5.75 Å². The Morgan fingerprint density at radius 1 is 1.24 bits per heavy atom. The molecule has 0 amide bonds. The molecule has 0 aliphatic carbocycles. The van der Waals surface area contributed by atoms with Crippen LogP contribution in [0, 0.1) is 0 Å². The minimum atomic E-state index is -0.204. The molecule has 1 rings (SSSR count). The molecule has 1 atom stereocenters. The number of hydrogen-bond donors (Lipinski definition) is 0. The fraction of sp³-hybridized carbons (Fsp3) is 0.467. The third kappa shape index (κ3) is 5.05. The van der Waals surface area contributed by atoms with E-state index in [9.17, 15) is 0 Å². The van der Waals surface area contributed by atoms with Crippen molar-refractivity contribution in [2.24, 2.45) is 0 Å². The molecular weight excluding hydrogens is 212 g/mol. The predicted octanol–water partition coefficient (Wildman–Crippen LogP) is 4.26. The van der Waals surface area contributed by atoms with Gasteiger partial charge in [-0.05, 0) is 38.5 Å². The lowest BCUT2D eigenvalue weighted by Crippen LogP contribution is -2.30. The van der Waals surface area contributed by atoms with Gasteiger partial charge in [-0.15, -0.1) is 0 Å². The molecule has 0 heterocycles. The fourth-order valence-corrected chi connectivity index (χ4v) is 1.42. The van der Waals surface area contributed by atoms with Gasteiger partial charge >= 0.3 is 0 Å². The Bertz CT molecular complexity index is 346. The molecule has 0 aliphatic rings. The van der Waals surface area contributed by atoms with E-state index in [2.05, 4.69) is 13.5 Å². The van der Waals surface area contributed by atoms with E-state index in [0.717, 1.165) is 17.7 Å². The molecule has 0 spiro atoms. The van der Waals surface area contributed by atoms with E-state index < -0.39 is 0 Å². The Balaban J connectivity index is 2.63. The van der Waals surface area contributed by atoms with Crippen LogP contribution in [0.1, 0.15) is 39.7 Å². The summed E-state index contributed by atoms with van der Waals surface area (Å²) in [5, 5.41) is 0. The molecule has 94 valence electrons. The van der Waals surface area contributed by atoms with Gasteiger partial charge in [0.1, 0.15) is 5.75 Å². The Hall–Kier alpha value is -1.28. The Morgan fingerprint density at radius 3 is 2.24 bits per heavy atom. The first kappa shape index (κ1) is 13.8. The van der Waals surface area contributed by atoms with Crippen molar-refractivity contribution in [1.29, 1.82) is 0 Å². The molecule has 0 aromatic heterocycles. The smallest absolute Gasteiger partial charge is 0.200 e. The van der Waals surface area contributed by atoms with Gasteiger partial charge in [0.15, 0.2) is 6.29 Å². The van der Waals surface area contributed by atoms with E-state index in [1.54, 1.807) is 0 Å². The highest BCUT2D eigenvalue weighted by atomic mass is 16.7. The van der Waals surface area contributed by atoms with Crippen LogP contribution in [-0.2, 0) is 4.74 Å². The highest BCUT2D eigenvalue weighted by Crippen LogP contribution is 2.19. The third-order valence-electron chi connectivity index (χ3n) is 2.20. The van der Waals surface area contributed by atoms with Crippen LogP contribution in [0.4, 0.5) is 0 Å². The van der Waals surface area contributed by atoms with Crippen LogP contribution in [0.2, 0.25) is 0 Å². The number of rotatable bonds is 5. The summed E-state index contributed by atoms with van der Waals surface area (Å²) >= 11 is 0. The molecule has 0 radical (unpaired) electrons. The van der Waals surface area contributed by atoms with Crippen LogP contribution < -0.4 is 4.74 Å². The summed E-state index contributed by atoms with van der Waals surface area (Å²) in [6, 6.07) is 7.83. The molecule has 0 N–H and O–H groups in total. The van der Waals surface area contributed by atoms with Crippen LogP contribution in [0.5, 0.6) is 5.75 Å². The Labute approximate surface area is 104 Å². The van der Waals surface area contributed by atoms with Gasteiger partial charge in [0.2, 0.25) is 0 Å². The zero-order chi connectivity index (χ0) is 12.9. The van der Waals surface area contributed by atoms with Crippen molar-refractivity contribution in [2.45, 2.75) is 46.0 Å². The second-order valence-electron chi connectivity index (χ2n) is 4.96. The molecule has 1 aromatic rings. The zero-order valence-corrected chi connectivity index (χ0v) is 11.2. The van der Waals surface area contributed by atoms with Gasteiger partial charge in [-0.1, -0.05) is 31.7 Å². The molecule has 1 aromatic carbocycles. The van der Waals surface area contributed by atoms with Crippen LogP contribution in [0.15, 0.2) is 30.8 Å². The van der Waals surface area contributed by atoms with E-state index >= 15 is 0 Å².